The van der Waals surface area contributed by atoms with Crippen LogP contribution < -0.4 is 5.32 Å². The normalized spacial score (nSPS) is 27.8. The van der Waals surface area contributed by atoms with E-state index < -0.39 is 0 Å². The second-order valence-electron chi connectivity index (χ2n) is 3.34. The monoisotopic (exact) mass is 217 g/mol. The predicted octanol–water partition coefficient (Wildman–Crippen LogP) is 2.36. The minimum absolute atomic E-state index is 0.505. The van der Waals surface area contributed by atoms with Gasteiger partial charge in [-0.25, -0.2) is 4.98 Å². The maximum absolute atomic E-state index is 5.87. The molecule has 1 heterocycles. The zero-order chi connectivity index (χ0) is 9.10. The maximum Gasteiger partial charge on any atom is 0.202 e. The quantitative estimate of drug-likeness (QED) is 0.790. The molecular weight excluding hydrogens is 206 g/mol. The molecule has 1 aliphatic rings. The van der Waals surface area contributed by atoms with E-state index in [1.54, 1.807) is 6.33 Å². The molecule has 1 fully saturated rings. The van der Waals surface area contributed by atoms with Crippen LogP contribution in [0.5, 0.6) is 0 Å². The van der Waals surface area contributed by atoms with Crippen LogP contribution in [0.4, 0.5) is 5.13 Å². The van der Waals surface area contributed by atoms with Crippen molar-refractivity contribution in [3.05, 3.63) is 6.33 Å². The van der Waals surface area contributed by atoms with Gasteiger partial charge in [-0.3, -0.25) is 0 Å². The molecule has 0 bridgehead atoms. The molecule has 0 spiro atoms. The van der Waals surface area contributed by atoms with Crippen LogP contribution >= 0.6 is 23.1 Å². The number of anilines is 1. The summed E-state index contributed by atoms with van der Waals surface area (Å²) in [5.74, 6) is 1.35. The second-order valence-corrected chi connectivity index (χ2v) is 4.43. The van der Waals surface area contributed by atoms with Gasteiger partial charge in [0.1, 0.15) is 6.33 Å². The van der Waals surface area contributed by atoms with E-state index in [1.165, 1.54) is 30.8 Å². The molecule has 2 atom stereocenters. The minimum atomic E-state index is 0.505. The Kier molecular flexibility index (Phi) is 3.01. The Bertz CT molecular complexity index is 252. The van der Waals surface area contributed by atoms with Gasteiger partial charge in [0.25, 0.3) is 0 Å². The van der Waals surface area contributed by atoms with Crippen LogP contribution in [0.3, 0.4) is 0 Å². The second kappa shape index (κ2) is 4.24. The Morgan fingerprint density at radius 3 is 3.23 bits per heavy atom. The summed E-state index contributed by atoms with van der Waals surface area (Å²) in [4.78, 5) is 4.10. The SMILES string of the molecule is ClCC1CCCC1Nc1ncns1. The van der Waals surface area contributed by atoms with Crippen molar-refractivity contribution in [3.63, 3.8) is 0 Å². The summed E-state index contributed by atoms with van der Waals surface area (Å²) < 4.78 is 3.95. The number of hydrogen-bond acceptors (Lipinski definition) is 4. The minimum Gasteiger partial charge on any atom is -0.357 e. The molecule has 1 aromatic rings. The molecule has 72 valence electrons. The first-order chi connectivity index (χ1) is 6.40. The number of rotatable bonds is 3. The molecule has 0 aliphatic heterocycles. The summed E-state index contributed by atoms with van der Waals surface area (Å²) in [6.07, 6.45) is 5.29. The number of hydrogen-bond donors (Lipinski definition) is 1. The Hall–Kier alpha value is -0.350. The topological polar surface area (TPSA) is 37.8 Å². The molecule has 0 aromatic carbocycles. The molecule has 1 N–H and O–H groups in total. The molecule has 1 aliphatic carbocycles. The Labute approximate surface area is 86.7 Å². The summed E-state index contributed by atoms with van der Waals surface area (Å²) in [7, 11) is 0. The van der Waals surface area contributed by atoms with Crippen LogP contribution in [0.2, 0.25) is 0 Å². The van der Waals surface area contributed by atoms with Gasteiger partial charge in [0.05, 0.1) is 0 Å². The molecule has 1 saturated carbocycles. The average Bonchev–Trinajstić information content (AvgIpc) is 2.76. The van der Waals surface area contributed by atoms with Crippen molar-refractivity contribution in [3.8, 4) is 0 Å². The molecule has 0 radical (unpaired) electrons. The number of halogens is 1. The van der Waals surface area contributed by atoms with E-state index in [-0.39, 0.29) is 0 Å². The first kappa shape index (κ1) is 9.21. The highest BCUT2D eigenvalue weighted by Gasteiger charge is 2.26. The number of alkyl halides is 1. The van der Waals surface area contributed by atoms with E-state index >= 15 is 0 Å². The highest BCUT2D eigenvalue weighted by atomic mass is 35.5. The van der Waals surface area contributed by atoms with E-state index in [9.17, 15) is 0 Å². The van der Waals surface area contributed by atoms with E-state index in [2.05, 4.69) is 14.7 Å². The third kappa shape index (κ3) is 2.11. The van der Waals surface area contributed by atoms with Gasteiger partial charge in [0.15, 0.2) is 0 Å². The van der Waals surface area contributed by atoms with Gasteiger partial charge in [0, 0.05) is 23.5 Å². The highest BCUT2D eigenvalue weighted by Crippen LogP contribution is 2.29. The molecule has 13 heavy (non-hydrogen) atoms. The summed E-state index contributed by atoms with van der Waals surface area (Å²) >= 11 is 7.28. The predicted molar refractivity (Wildman–Crippen MR) is 55.4 cm³/mol. The van der Waals surface area contributed by atoms with Gasteiger partial charge >= 0.3 is 0 Å². The van der Waals surface area contributed by atoms with Crippen molar-refractivity contribution in [2.45, 2.75) is 25.3 Å². The smallest absolute Gasteiger partial charge is 0.202 e. The fourth-order valence-corrected chi connectivity index (χ4v) is 2.67. The lowest BCUT2D eigenvalue weighted by atomic mass is 10.1. The van der Waals surface area contributed by atoms with Crippen molar-refractivity contribution in [2.75, 3.05) is 11.2 Å². The fourth-order valence-electron chi connectivity index (χ4n) is 1.81. The molecule has 3 nitrogen and oxygen atoms in total. The summed E-state index contributed by atoms with van der Waals surface area (Å²) in [6.45, 7) is 0. The summed E-state index contributed by atoms with van der Waals surface area (Å²) in [6, 6.07) is 0.505. The molecule has 0 amide bonds. The molecule has 5 heteroatoms. The van der Waals surface area contributed by atoms with Crippen LogP contribution in [-0.4, -0.2) is 21.3 Å². The first-order valence-electron chi connectivity index (χ1n) is 4.49. The number of nitrogens with one attached hydrogen (secondary N) is 1. The van der Waals surface area contributed by atoms with Crippen molar-refractivity contribution in [1.82, 2.24) is 9.36 Å². The zero-order valence-corrected chi connectivity index (χ0v) is 8.81. The lowest BCUT2D eigenvalue weighted by Gasteiger charge is -2.17. The Morgan fingerprint density at radius 1 is 1.62 bits per heavy atom. The van der Waals surface area contributed by atoms with Crippen molar-refractivity contribution in [1.29, 1.82) is 0 Å². The van der Waals surface area contributed by atoms with Gasteiger partial charge in [-0.05, 0) is 18.8 Å². The van der Waals surface area contributed by atoms with Crippen LogP contribution in [0.1, 0.15) is 19.3 Å². The van der Waals surface area contributed by atoms with E-state index in [0.29, 0.717) is 12.0 Å². The van der Waals surface area contributed by atoms with Crippen LogP contribution in [0, 0.1) is 5.92 Å². The largest absolute Gasteiger partial charge is 0.357 e. The van der Waals surface area contributed by atoms with Crippen molar-refractivity contribution >= 4 is 28.3 Å². The molecule has 2 rings (SSSR count). The highest BCUT2D eigenvalue weighted by molar-refractivity contribution is 7.09. The van der Waals surface area contributed by atoms with Gasteiger partial charge < -0.3 is 5.32 Å². The van der Waals surface area contributed by atoms with Crippen LogP contribution in [0.25, 0.3) is 0 Å². The third-order valence-electron chi connectivity index (χ3n) is 2.53. The van der Waals surface area contributed by atoms with E-state index in [4.69, 9.17) is 11.6 Å². The van der Waals surface area contributed by atoms with Crippen LogP contribution in [-0.2, 0) is 0 Å². The lowest BCUT2D eigenvalue weighted by Crippen LogP contribution is -2.24. The molecular formula is C8H12ClN3S. The first-order valence-corrected chi connectivity index (χ1v) is 5.80. The Balaban J connectivity index is 1.94. The summed E-state index contributed by atoms with van der Waals surface area (Å²) in [5, 5.41) is 4.30. The average molecular weight is 218 g/mol. The maximum atomic E-state index is 5.87. The molecule has 0 saturated heterocycles. The number of nitrogens with zero attached hydrogens (tertiary/aromatic N) is 2. The standard InChI is InChI=1S/C8H12ClN3S/c9-4-6-2-1-3-7(6)12-8-10-5-11-13-8/h5-7H,1-4H2,(H,10,11,12). The Morgan fingerprint density at radius 2 is 2.54 bits per heavy atom. The van der Waals surface area contributed by atoms with Crippen molar-refractivity contribution < 1.29 is 0 Å². The number of aromatic nitrogens is 2. The van der Waals surface area contributed by atoms with Gasteiger partial charge in [-0.1, -0.05) is 6.42 Å². The van der Waals surface area contributed by atoms with Gasteiger partial charge in [-0.2, -0.15) is 4.37 Å². The molecule has 1 aromatic heterocycles. The third-order valence-corrected chi connectivity index (χ3v) is 3.52. The van der Waals surface area contributed by atoms with Gasteiger partial charge in [-0.15, -0.1) is 11.6 Å². The lowest BCUT2D eigenvalue weighted by molar-refractivity contribution is 0.562. The zero-order valence-electron chi connectivity index (χ0n) is 7.24. The van der Waals surface area contributed by atoms with E-state index in [0.717, 1.165) is 11.0 Å². The molecule has 2 unspecified atom stereocenters. The summed E-state index contributed by atoms with van der Waals surface area (Å²) in [5.41, 5.74) is 0. The van der Waals surface area contributed by atoms with Crippen molar-refractivity contribution in [2.24, 2.45) is 5.92 Å². The van der Waals surface area contributed by atoms with Crippen LogP contribution in [0.15, 0.2) is 6.33 Å². The van der Waals surface area contributed by atoms with E-state index in [1.807, 2.05) is 0 Å². The fraction of sp³-hybridized carbons (Fsp3) is 0.750. The van der Waals surface area contributed by atoms with Gasteiger partial charge in [0.2, 0.25) is 5.13 Å².